The van der Waals surface area contributed by atoms with Gasteiger partial charge in [0, 0.05) is 5.41 Å². The molecule has 0 N–H and O–H groups in total. The van der Waals surface area contributed by atoms with Crippen molar-refractivity contribution in [2.24, 2.45) is 0 Å². The Hall–Kier alpha value is -1.04. The highest BCUT2D eigenvalue weighted by Gasteiger charge is 2.21. The van der Waals surface area contributed by atoms with Crippen molar-refractivity contribution >= 4 is 0 Å². The van der Waals surface area contributed by atoms with E-state index >= 15 is 0 Å². The van der Waals surface area contributed by atoms with E-state index in [4.69, 9.17) is 0 Å². The molecule has 0 nitrogen and oxygen atoms in total. The van der Waals surface area contributed by atoms with Gasteiger partial charge < -0.3 is 0 Å². The lowest BCUT2D eigenvalue weighted by Gasteiger charge is -2.26. The molecule has 1 aromatic carbocycles. The summed E-state index contributed by atoms with van der Waals surface area (Å²) in [6, 6.07) is 10.7. The summed E-state index contributed by atoms with van der Waals surface area (Å²) in [5.41, 5.74) is 1.53. The standard InChI is InChI=1S/C15H22/c1-4-6-10-13-15(3,5-2)14-11-8-7-9-12-14/h5,7-9,11-12H,2,4,6,10,13H2,1,3H3. The molecule has 0 fully saturated rings. The van der Waals surface area contributed by atoms with Crippen LogP contribution in [0.15, 0.2) is 43.0 Å². The maximum absolute atomic E-state index is 3.99. The highest BCUT2D eigenvalue weighted by Crippen LogP contribution is 2.30. The quantitative estimate of drug-likeness (QED) is 0.463. The monoisotopic (exact) mass is 202 g/mol. The number of unbranched alkanes of at least 4 members (excludes halogenated alkanes) is 2. The van der Waals surface area contributed by atoms with Crippen LogP contribution < -0.4 is 0 Å². The predicted octanol–water partition coefficient (Wildman–Crippen LogP) is 4.71. The molecule has 1 rings (SSSR count). The summed E-state index contributed by atoms with van der Waals surface area (Å²) < 4.78 is 0. The van der Waals surface area contributed by atoms with Crippen molar-refractivity contribution < 1.29 is 0 Å². The first-order chi connectivity index (χ1) is 7.23. The number of allylic oxidation sites excluding steroid dienone is 1. The van der Waals surface area contributed by atoms with Crippen LogP contribution in [0, 0.1) is 0 Å². The second kappa shape index (κ2) is 5.75. The minimum Gasteiger partial charge on any atom is -0.102 e. The average molecular weight is 202 g/mol. The highest BCUT2D eigenvalue weighted by atomic mass is 14.2. The number of hydrogen-bond donors (Lipinski definition) is 0. The third-order valence-electron chi connectivity index (χ3n) is 3.18. The van der Waals surface area contributed by atoms with Gasteiger partial charge in [-0.25, -0.2) is 0 Å². The summed E-state index contributed by atoms with van der Waals surface area (Å²) in [6.45, 7) is 8.51. The zero-order chi connectivity index (χ0) is 11.1. The molecule has 0 heterocycles. The van der Waals surface area contributed by atoms with Crippen molar-refractivity contribution in [3.8, 4) is 0 Å². The smallest absolute Gasteiger partial charge is 0.0101 e. The molecular weight excluding hydrogens is 180 g/mol. The van der Waals surface area contributed by atoms with Crippen LogP contribution in [-0.4, -0.2) is 0 Å². The maximum Gasteiger partial charge on any atom is 0.0101 e. The molecule has 0 aliphatic heterocycles. The zero-order valence-electron chi connectivity index (χ0n) is 10.00. The number of benzene rings is 1. The highest BCUT2D eigenvalue weighted by molar-refractivity contribution is 5.28. The SMILES string of the molecule is C=CC(C)(CCCCC)c1ccccc1. The molecule has 82 valence electrons. The minimum absolute atomic E-state index is 0.149. The summed E-state index contributed by atoms with van der Waals surface area (Å²) >= 11 is 0. The van der Waals surface area contributed by atoms with E-state index in [1.54, 1.807) is 0 Å². The lowest BCUT2D eigenvalue weighted by molar-refractivity contribution is 0.500. The second-order valence-corrected chi connectivity index (χ2v) is 4.44. The van der Waals surface area contributed by atoms with Crippen LogP contribution in [0.3, 0.4) is 0 Å². The molecule has 0 radical (unpaired) electrons. The fraction of sp³-hybridized carbons (Fsp3) is 0.467. The Kier molecular flexibility index (Phi) is 4.61. The van der Waals surface area contributed by atoms with Crippen LogP contribution in [0.25, 0.3) is 0 Å². The van der Waals surface area contributed by atoms with Crippen molar-refractivity contribution in [3.05, 3.63) is 48.6 Å². The minimum atomic E-state index is 0.149. The molecule has 0 aliphatic carbocycles. The van der Waals surface area contributed by atoms with E-state index in [0.29, 0.717) is 0 Å². The van der Waals surface area contributed by atoms with E-state index in [9.17, 15) is 0 Å². The topological polar surface area (TPSA) is 0 Å². The largest absolute Gasteiger partial charge is 0.102 e. The molecule has 0 saturated heterocycles. The molecule has 15 heavy (non-hydrogen) atoms. The molecule has 0 spiro atoms. The fourth-order valence-electron chi connectivity index (χ4n) is 1.93. The van der Waals surface area contributed by atoms with Gasteiger partial charge in [0.1, 0.15) is 0 Å². The summed E-state index contributed by atoms with van der Waals surface area (Å²) in [7, 11) is 0. The van der Waals surface area contributed by atoms with Crippen molar-refractivity contribution in [3.63, 3.8) is 0 Å². The Morgan fingerprint density at radius 3 is 2.40 bits per heavy atom. The van der Waals surface area contributed by atoms with Crippen LogP contribution >= 0.6 is 0 Å². The van der Waals surface area contributed by atoms with E-state index < -0.39 is 0 Å². The van der Waals surface area contributed by atoms with Crippen LogP contribution in [0.5, 0.6) is 0 Å². The third-order valence-corrected chi connectivity index (χ3v) is 3.18. The van der Waals surface area contributed by atoms with Gasteiger partial charge in [0.05, 0.1) is 0 Å². The van der Waals surface area contributed by atoms with E-state index in [2.05, 4.69) is 56.8 Å². The van der Waals surface area contributed by atoms with Crippen LogP contribution in [0.2, 0.25) is 0 Å². The molecule has 0 saturated carbocycles. The number of hydrogen-bond acceptors (Lipinski definition) is 0. The van der Waals surface area contributed by atoms with E-state index in [1.807, 2.05) is 0 Å². The van der Waals surface area contributed by atoms with Crippen LogP contribution in [-0.2, 0) is 5.41 Å². The fourth-order valence-corrected chi connectivity index (χ4v) is 1.93. The van der Waals surface area contributed by atoms with Gasteiger partial charge in [0.15, 0.2) is 0 Å². The van der Waals surface area contributed by atoms with Gasteiger partial charge in [-0.2, -0.15) is 0 Å². The molecule has 0 bridgehead atoms. The molecule has 1 atom stereocenters. The van der Waals surface area contributed by atoms with Crippen molar-refractivity contribution in [2.75, 3.05) is 0 Å². The van der Waals surface area contributed by atoms with Crippen molar-refractivity contribution in [2.45, 2.75) is 44.9 Å². The Morgan fingerprint density at radius 2 is 1.87 bits per heavy atom. The second-order valence-electron chi connectivity index (χ2n) is 4.44. The Bertz CT molecular complexity index is 286. The van der Waals surface area contributed by atoms with Gasteiger partial charge in [-0.05, 0) is 12.0 Å². The Balaban J connectivity index is 2.72. The van der Waals surface area contributed by atoms with Gasteiger partial charge in [-0.15, -0.1) is 6.58 Å². The molecule has 0 heteroatoms. The summed E-state index contributed by atoms with van der Waals surface area (Å²) in [5, 5.41) is 0. The first-order valence-electron chi connectivity index (χ1n) is 5.92. The first kappa shape index (κ1) is 12.0. The van der Waals surface area contributed by atoms with Gasteiger partial charge in [-0.3, -0.25) is 0 Å². The number of rotatable bonds is 6. The van der Waals surface area contributed by atoms with E-state index in [1.165, 1.54) is 31.2 Å². The predicted molar refractivity (Wildman–Crippen MR) is 68.1 cm³/mol. The van der Waals surface area contributed by atoms with Gasteiger partial charge in [0.25, 0.3) is 0 Å². The molecular formula is C15H22. The lowest BCUT2D eigenvalue weighted by atomic mass is 9.78. The Morgan fingerprint density at radius 1 is 1.20 bits per heavy atom. The summed E-state index contributed by atoms with van der Waals surface area (Å²) in [5.74, 6) is 0. The van der Waals surface area contributed by atoms with E-state index in [0.717, 1.165) is 0 Å². The maximum atomic E-state index is 3.99. The lowest BCUT2D eigenvalue weighted by Crippen LogP contribution is -2.18. The van der Waals surface area contributed by atoms with Gasteiger partial charge in [0.2, 0.25) is 0 Å². The summed E-state index contributed by atoms with van der Waals surface area (Å²) in [4.78, 5) is 0. The van der Waals surface area contributed by atoms with E-state index in [-0.39, 0.29) is 5.41 Å². The van der Waals surface area contributed by atoms with Crippen molar-refractivity contribution in [1.29, 1.82) is 0 Å². The van der Waals surface area contributed by atoms with Crippen LogP contribution in [0.4, 0.5) is 0 Å². The van der Waals surface area contributed by atoms with Crippen LogP contribution in [0.1, 0.15) is 45.1 Å². The molecule has 1 aromatic rings. The van der Waals surface area contributed by atoms with Crippen molar-refractivity contribution in [1.82, 2.24) is 0 Å². The van der Waals surface area contributed by atoms with Gasteiger partial charge in [-0.1, -0.05) is 69.5 Å². The van der Waals surface area contributed by atoms with Gasteiger partial charge >= 0.3 is 0 Å². The normalized spacial score (nSPS) is 14.5. The average Bonchev–Trinajstić information content (AvgIpc) is 2.30. The Labute approximate surface area is 94.0 Å². The molecule has 0 aliphatic rings. The molecule has 0 amide bonds. The molecule has 1 unspecified atom stereocenters. The third kappa shape index (κ3) is 3.23. The zero-order valence-corrected chi connectivity index (χ0v) is 10.00. The molecule has 0 aromatic heterocycles. The first-order valence-corrected chi connectivity index (χ1v) is 5.92. The summed E-state index contributed by atoms with van der Waals surface area (Å²) in [6.07, 6.45) is 7.18.